The van der Waals surface area contributed by atoms with Gasteiger partial charge in [-0.15, -0.1) is 0 Å². The van der Waals surface area contributed by atoms with Crippen molar-refractivity contribution >= 4 is 5.82 Å². The fourth-order valence-electron chi connectivity index (χ4n) is 2.30. The van der Waals surface area contributed by atoms with Crippen LogP contribution in [-0.2, 0) is 6.42 Å². The van der Waals surface area contributed by atoms with Gasteiger partial charge in [0, 0.05) is 25.3 Å². The first-order valence-corrected chi connectivity index (χ1v) is 6.89. The number of rotatable bonds is 6. The highest BCUT2D eigenvalue weighted by Crippen LogP contribution is 2.20. The van der Waals surface area contributed by atoms with Gasteiger partial charge in [0.2, 0.25) is 0 Å². The molecule has 2 N–H and O–H groups in total. The van der Waals surface area contributed by atoms with E-state index in [9.17, 15) is 0 Å². The molecule has 0 aliphatic heterocycles. The number of nitrogens with zero attached hydrogens (tertiary/aromatic N) is 2. The first-order valence-electron chi connectivity index (χ1n) is 6.89. The lowest BCUT2D eigenvalue weighted by atomic mass is 10.1. The highest BCUT2D eigenvalue weighted by molar-refractivity contribution is 5.47. The van der Waals surface area contributed by atoms with Gasteiger partial charge >= 0.3 is 0 Å². The van der Waals surface area contributed by atoms with E-state index in [1.807, 2.05) is 13.1 Å². The minimum absolute atomic E-state index is 0.189. The van der Waals surface area contributed by atoms with Crippen molar-refractivity contribution in [3.8, 4) is 0 Å². The highest BCUT2D eigenvalue weighted by atomic mass is 15.2. The van der Waals surface area contributed by atoms with Crippen molar-refractivity contribution in [2.45, 2.75) is 59.0 Å². The molecule has 0 aromatic carbocycles. The molecule has 1 aromatic rings. The van der Waals surface area contributed by atoms with Gasteiger partial charge in [-0.05, 0) is 44.7 Å². The van der Waals surface area contributed by atoms with Crippen molar-refractivity contribution in [2.24, 2.45) is 5.73 Å². The summed E-state index contributed by atoms with van der Waals surface area (Å²) in [7, 11) is 2.13. The number of aryl methyl sites for hydroxylation is 1. The SMILES string of the molecule is CCCC(C)N(C)c1ncc(CC(C)N)cc1C. The molecule has 3 heteroatoms. The maximum absolute atomic E-state index is 5.82. The molecule has 2 atom stereocenters. The van der Waals surface area contributed by atoms with E-state index in [1.165, 1.54) is 24.0 Å². The highest BCUT2D eigenvalue weighted by Gasteiger charge is 2.13. The summed E-state index contributed by atoms with van der Waals surface area (Å²) in [5.41, 5.74) is 8.28. The van der Waals surface area contributed by atoms with Crippen LogP contribution in [0.2, 0.25) is 0 Å². The summed E-state index contributed by atoms with van der Waals surface area (Å²) >= 11 is 0. The zero-order valence-corrected chi connectivity index (χ0v) is 12.4. The molecule has 18 heavy (non-hydrogen) atoms. The maximum Gasteiger partial charge on any atom is 0.131 e. The number of hydrogen-bond donors (Lipinski definition) is 1. The van der Waals surface area contributed by atoms with Crippen LogP contribution < -0.4 is 10.6 Å². The second-order valence-corrected chi connectivity index (χ2v) is 5.41. The molecule has 0 aliphatic carbocycles. The van der Waals surface area contributed by atoms with Gasteiger partial charge in [-0.3, -0.25) is 0 Å². The van der Waals surface area contributed by atoms with E-state index in [-0.39, 0.29) is 6.04 Å². The maximum atomic E-state index is 5.82. The van der Waals surface area contributed by atoms with Crippen molar-refractivity contribution in [1.82, 2.24) is 4.98 Å². The summed E-state index contributed by atoms with van der Waals surface area (Å²) in [4.78, 5) is 6.88. The lowest BCUT2D eigenvalue weighted by Crippen LogP contribution is -2.30. The molecular weight excluding hydrogens is 222 g/mol. The normalized spacial score (nSPS) is 14.3. The molecule has 0 amide bonds. The van der Waals surface area contributed by atoms with Gasteiger partial charge in [0.25, 0.3) is 0 Å². The van der Waals surface area contributed by atoms with E-state index in [1.54, 1.807) is 0 Å². The number of aromatic nitrogens is 1. The van der Waals surface area contributed by atoms with Crippen LogP contribution in [0.1, 0.15) is 44.7 Å². The Morgan fingerprint density at radius 1 is 1.39 bits per heavy atom. The van der Waals surface area contributed by atoms with Crippen LogP contribution >= 0.6 is 0 Å². The summed E-state index contributed by atoms with van der Waals surface area (Å²) in [6.07, 6.45) is 5.25. The standard InChI is InChI=1S/C15H27N3/c1-6-7-13(4)18(5)15-11(2)8-14(10-17-15)9-12(3)16/h8,10,12-13H,6-7,9,16H2,1-5H3. The van der Waals surface area contributed by atoms with Gasteiger partial charge in [0.15, 0.2) is 0 Å². The van der Waals surface area contributed by atoms with Crippen molar-refractivity contribution in [3.63, 3.8) is 0 Å². The summed E-state index contributed by atoms with van der Waals surface area (Å²) in [5, 5.41) is 0. The molecule has 3 nitrogen and oxygen atoms in total. The number of pyridine rings is 1. The molecule has 1 aromatic heterocycles. The minimum atomic E-state index is 0.189. The lowest BCUT2D eigenvalue weighted by molar-refractivity contribution is 0.609. The monoisotopic (exact) mass is 249 g/mol. The molecule has 0 fully saturated rings. The average Bonchev–Trinajstić information content (AvgIpc) is 2.28. The summed E-state index contributed by atoms with van der Waals surface area (Å²) in [5.74, 6) is 1.09. The van der Waals surface area contributed by atoms with Gasteiger partial charge in [-0.2, -0.15) is 0 Å². The van der Waals surface area contributed by atoms with Gasteiger partial charge in [0.05, 0.1) is 0 Å². The van der Waals surface area contributed by atoms with E-state index >= 15 is 0 Å². The first kappa shape index (κ1) is 15.0. The third-order valence-corrected chi connectivity index (χ3v) is 3.37. The Balaban J connectivity index is 2.84. The Morgan fingerprint density at radius 3 is 2.56 bits per heavy atom. The molecule has 0 saturated carbocycles. The summed E-state index contributed by atoms with van der Waals surface area (Å²) in [6, 6.07) is 2.93. The predicted octanol–water partition coefficient (Wildman–Crippen LogP) is 2.90. The molecule has 0 aliphatic rings. The largest absolute Gasteiger partial charge is 0.357 e. The molecule has 2 unspecified atom stereocenters. The molecule has 102 valence electrons. The predicted molar refractivity (Wildman–Crippen MR) is 79.1 cm³/mol. The Kier molecular flexibility index (Phi) is 5.60. The van der Waals surface area contributed by atoms with E-state index in [0.717, 1.165) is 12.2 Å². The van der Waals surface area contributed by atoms with Crippen LogP contribution in [0.25, 0.3) is 0 Å². The van der Waals surface area contributed by atoms with E-state index in [4.69, 9.17) is 5.73 Å². The van der Waals surface area contributed by atoms with Gasteiger partial charge in [0.1, 0.15) is 5.82 Å². The van der Waals surface area contributed by atoms with E-state index in [2.05, 4.69) is 43.8 Å². The first-order chi connectivity index (χ1) is 8.45. The van der Waals surface area contributed by atoms with Crippen LogP contribution in [-0.4, -0.2) is 24.1 Å². The van der Waals surface area contributed by atoms with Crippen molar-refractivity contribution < 1.29 is 0 Å². The van der Waals surface area contributed by atoms with E-state index < -0.39 is 0 Å². The molecule has 1 heterocycles. The molecule has 1 rings (SSSR count). The number of hydrogen-bond acceptors (Lipinski definition) is 3. The molecule has 0 saturated heterocycles. The molecule has 0 bridgehead atoms. The average molecular weight is 249 g/mol. The lowest BCUT2D eigenvalue weighted by Gasteiger charge is -2.27. The topological polar surface area (TPSA) is 42.2 Å². The molecular formula is C15H27N3. The van der Waals surface area contributed by atoms with Crippen LogP contribution in [0, 0.1) is 6.92 Å². The third-order valence-electron chi connectivity index (χ3n) is 3.37. The van der Waals surface area contributed by atoms with Crippen LogP contribution in [0.4, 0.5) is 5.82 Å². The van der Waals surface area contributed by atoms with Crippen LogP contribution in [0.5, 0.6) is 0 Å². The second kappa shape index (κ2) is 6.74. The zero-order valence-electron chi connectivity index (χ0n) is 12.4. The molecule has 0 spiro atoms. The number of nitrogens with two attached hydrogens (primary N) is 1. The summed E-state index contributed by atoms with van der Waals surface area (Å²) < 4.78 is 0. The minimum Gasteiger partial charge on any atom is -0.357 e. The van der Waals surface area contributed by atoms with Crippen molar-refractivity contribution in [1.29, 1.82) is 0 Å². The van der Waals surface area contributed by atoms with Gasteiger partial charge in [-0.25, -0.2) is 4.98 Å². The van der Waals surface area contributed by atoms with Crippen molar-refractivity contribution in [3.05, 3.63) is 23.4 Å². The third kappa shape index (κ3) is 3.98. The quantitative estimate of drug-likeness (QED) is 0.843. The van der Waals surface area contributed by atoms with Crippen molar-refractivity contribution in [2.75, 3.05) is 11.9 Å². The van der Waals surface area contributed by atoms with Crippen LogP contribution in [0.3, 0.4) is 0 Å². The van der Waals surface area contributed by atoms with Gasteiger partial charge < -0.3 is 10.6 Å². The fourth-order valence-corrected chi connectivity index (χ4v) is 2.30. The zero-order chi connectivity index (χ0) is 13.7. The van der Waals surface area contributed by atoms with E-state index in [0.29, 0.717) is 6.04 Å². The smallest absolute Gasteiger partial charge is 0.131 e. The van der Waals surface area contributed by atoms with Crippen LogP contribution in [0.15, 0.2) is 12.3 Å². The fraction of sp³-hybridized carbons (Fsp3) is 0.667. The molecule has 0 radical (unpaired) electrons. The Labute approximate surface area is 111 Å². The Bertz CT molecular complexity index is 374. The Hall–Kier alpha value is -1.09. The van der Waals surface area contributed by atoms with Gasteiger partial charge in [-0.1, -0.05) is 19.4 Å². The Morgan fingerprint density at radius 2 is 2.06 bits per heavy atom. The second-order valence-electron chi connectivity index (χ2n) is 5.41. The summed E-state index contributed by atoms with van der Waals surface area (Å²) in [6.45, 7) is 8.62. The number of anilines is 1.